The third kappa shape index (κ3) is 4.54. The van der Waals surface area contributed by atoms with Gasteiger partial charge < -0.3 is 9.13 Å². The maximum Gasteiger partial charge on any atom is 0.191 e. The first kappa shape index (κ1) is 21.6. The van der Waals surface area contributed by atoms with Crippen molar-refractivity contribution >= 4 is 17.5 Å². The summed E-state index contributed by atoms with van der Waals surface area (Å²) < 4.78 is 4.29. The number of thioether (sulfide) groups is 1. The molecule has 1 aliphatic rings. The summed E-state index contributed by atoms with van der Waals surface area (Å²) in [6.45, 7) is 8.64. The standard InChI is InChI=1S/C25H30N4OS/c1-4-15-28-24(20-11-7-5-8-12-20)26-27-25(28)31-17-23(30)22-16-18(2)29(19(22)3)21-13-9-6-10-14-21/h4,6,9-10,13-14,16,20H,1,5,7-8,11-12,15,17H2,2-3H3. The Morgan fingerprint density at radius 2 is 1.90 bits per heavy atom. The first-order valence-electron chi connectivity index (χ1n) is 11.0. The Labute approximate surface area is 188 Å². The third-order valence-corrected chi connectivity index (χ3v) is 7.07. The molecule has 0 bridgehead atoms. The summed E-state index contributed by atoms with van der Waals surface area (Å²) in [6, 6.07) is 12.2. The molecular formula is C25H30N4OS. The number of hydrogen-bond acceptors (Lipinski definition) is 4. The SMILES string of the molecule is C=CCn1c(SCC(=O)c2cc(C)n(-c3ccccc3)c2C)nnc1C1CCCCC1. The van der Waals surface area contributed by atoms with Gasteiger partial charge in [-0.2, -0.15) is 0 Å². The van der Waals surface area contributed by atoms with Crippen molar-refractivity contribution in [3.63, 3.8) is 0 Å². The van der Waals surface area contributed by atoms with E-state index in [0.717, 1.165) is 33.6 Å². The molecule has 0 atom stereocenters. The number of para-hydroxylation sites is 1. The van der Waals surface area contributed by atoms with Gasteiger partial charge in [-0.3, -0.25) is 4.79 Å². The molecule has 162 valence electrons. The fraction of sp³-hybridized carbons (Fsp3) is 0.400. The molecule has 0 amide bonds. The summed E-state index contributed by atoms with van der Waals surface area (Å²) in [4.78, 5) is 13.1. The van der Waals surface area contributed by atoms with Crippen LogP contribution in [0.25, 0.3) is 5.69 Å². The number of allylic oxidation sites excluding steroid dienone is 1. The Hall–Kier alpha value is -2.60. The van der Waals surface area contributed by atoms with Crippen LogP contribution in [0.2, 0.25) is 0 Å². The van der Waals surface area contributed by atoms with E-state index in [2.05, 4.69) is 38.0 Å². The van der Waals surface area contributed by atoms with E-state index < -0.39 is 0 Å². The van der Waals surface area contributed by atoms with Gasteiger partial charge in [0.15, 0.2) is 10.9 Å². The molecule has 5 nitrogen and oxygen atoms in total. The molecule has 31 heavy (non-hydrogen) atoms. The van der Waals surface area contributed by atoms with Crippen molar-refractivity contribution < 1.29 is 4.79 Å². The Kier molecular flexibility index (Phi) is 6.76. The average molecular weight is 435 g/mol. The van der Waals surface area contributed by atoms with E-state index in [9.17, 15) is 4.79 Å². The van der Waals surface area contributed by atoms with Crippen LogP contribution < -0.4 is 0 Å². The minimum absolute atomic E-state index is 0.118. The fourth-order valence-electron chi connectivity index (χ4n) is 4.60. The highest BCUT2D eigenvalue weighted by Crippen LogP contribution is 2.33. The molecule has 1 aromatic carbocycles. The van der Waals surface area contributed by atoms with E-state index >= 15 is 0 Å². The van der Waals surface area contributed by atoms with Crippen LogP contribution in [0.3, 0.4) is 0 Å². The van der Waals surface area contributed by atoms with Crippen molar-refractivity contribution in [3.05, 3.63) is 71.8 Å². The summed E-state index contributed by atoms with van der Waals surface area (Å²) in [7, 11) is 0. The van der Waals surface area contributed by atoms with Crippen LogP contribution in [0.4, 0.5) is 0 Å². The molecule has 0 aliphatic heterocycles. The predicted octanol–water partition coefficient (Wildman–Crippen LogP) is 5.89. The summed E-state index contributed by atoms with van der Waals surface area (Å²) in [6.07, 6.45) is 8.04. The highest BCUT2D eigenvalue weighted by atomic mass is 32.2. The zero-order chi connectivity index (χ0) is 21.8. The van der Waals surface area contributed by atoms with Crippen LogP contribution in [-0.2, 0) is 6.54 Å². The maximum atomic E-state index is 13.1. The second-order valence-corrected chi connectivity index (χ2v) is 9.19. The maximum absolute atomic E-state index is 13.1. The monoisotopic (exact) mass is 434 g/mol. The van der Waals surface area contributed by atoms with Gasteiger partial charge in [-0.15, -0.1) is 16.8 Å². The van der Waals surface area contributed by atoms with Crippen LogP contribution >= 0.6 is 11.8 Å². The summed E-state index contributed by atoms with van der Waals surface area (Å²) in [5, 5.41) is 9.76. The normalized spacial score (nSPS) is 14.6. The zero-order valence-electron chi connectivity index (χ0n) is 18.4. The number of aromatic nitrogens is 4. The Morgan fingerprint density at radius 1 is 1.16 bits per heavy atom. The van der Waals surface area contributed by atoms with Crippen molar-refractivity contribution in [3.8, 4) is 5.69 Å². The summed E-state index contributed by atoms with van der Waals surface area (Å²) in [5.41, 5.74) is 3.89. The lowest BCUT2D eigenvalue weighted by Gasteiger charge is -2.21. The number of ketones is 1. The largest absolute Gasteiger partial charge is 0.318 e. The lowest BCUT2D eigenvalue weighted by molar-refractivity contribution is 0.102. The number of rotatable bonds is 8. The van der Waals surface area contributed by atoms with Crippen molar-refractivity contribution in [2.45, 2.75) is 63.6 Å². The smallest absolute Gasteiger partial charge is 0.191 e. The lowest BCUT2D eigenvalue weighted by atomic mass is 9.89. The zero-order valence-corrected chi connectivity index (χ0v) is 19.2. The lowest BCUT2D eigenvalue weighted by Crippen LogP contribution is -2.13. The molecule has 0 radical (unpaired) electrons. The summed E-state index contributed by atoms with van der Waals surface area (Å²) >= 11 is 1.48. The van der Waals surface area contributed by atoms with Gasteiger partial charge in [0, 0.05) is 35.1 Å². The van der Waals surface area contributed by atoms with Crippen molar-refractivity contribution in [2.75, 3.05) is 5.75 Å². The third-order valence-electron chi connectivity index (χ3n) is 6.11. The molecule has 6 heteroatoms. The number of carbonyl (C=O) groups is 1. The van der Waals surface area contributed by atoms with E-state index in [1.165, 1.54) is 43.9 Å². The molecule has 0 N–H and O–H groups in total. The van der Waals surface area contributed by atoms with Gasteiger partial charge in [-0.05, 0) is 44.9 Å². The van der Waals surface area contributed by atoms with E-state index in [1.807, 2.05) is 44.2 Å². The van der Waals surface area contributed by atoms with Gasteiger partial charge >= 0.3 is 0 Å². The van der Waals surface area contributed by atoms with Gasteiger partial charge in [-0.1, -0.05) is 55.3 Å². The van der Waals surface area contributed by atoms with E-state index in [0.29, 0.717) is 18.2 Å². The molecule has 2 heterocycles. The molecular weight excluding hydrogens is 404 g/mol. The topological polar surface area (TPSA) is 52.7 Å². The first-order chi connectivity index (χ1) is 15.1. The molecule has 0 spiro atoms. The van der Waals surface area contributed by atoms with Gasteiger partial charge in [-0.25, -0.2) is 0 Å². The van der Waals surface area contributed by atoms with Crippen LogP contribution in [0, 0.1) is 13.8 Å². The first-order valence-corrected chi connectivity index (χ1v) is 12.0. The van der Waals surface area contributed by atoms with Gasteiger partial charge in [0.2, 0.25) is 0 Å². The number of nitrogens with zero attached hydrogens (tertiary/aromatic N) is 4. The number of Topliss-reactive ketones (excluding diaryl/α,β-unsaturated/α-hetero) is 1. The van der Waals surface area contributed by atoms with Crippen molar-refractivity contribution in [1.82, 2.24) is 19.3 Å². The number of aryl methyl sites for hydroxylation is 1. The minimum atomic E-state index is 0.118. The van der Waals surface area contributed by atoms with Gasteiger partial charge in [0.05, 0.1) is 5.75 Å². The van der Waals surface area contributed by atoms with Crippen molar-refractivity contribution in [1.29, 1.82) is 0 Å². The van der Waals surface area contributed by atoms with Crippen LogP contribution in [0.15, 0.2) is 54.2 Å². The van der Waals surface area contributed by atoms with E-state index in [4.69, 9.17) is 0 Å². The minimum Gasteiger partial charge on any atom is -0.318 e. The van der Waals surface area contributed by atoms with Crippen molar-refractivity contribution in [2.24, 2.45) is 0 Å². The Morgan fingerprint density at radius 3 is 2.61 bits per heavy atom. The van der Waals surface area contributed by atoms with E-state index in [-0.39, 0.29) is 5.78 Å². The number of hydrogen-bond donors (Lipinski definition) is 0. The molecule has 4 rings (SSSR count). The molecule has 1 aliphatic carbocycles. The Bertz CT molecular complexity index is 1060. The molecule has 3 aromatic rings. The molecule has 0 unspecified atom stereocenters. The molecule has 0 saturated heterocycles. The van der Waals surface area contributed by atoms with Crippen LogP contribution in [0.5, 0.6) is 0 Å². The number of benzene rings is 1. The second kappa shape index (κ2) is 9.69. The van der Waals surface area contributed by atoms with E-state index in [1.54, 1.807) is 0 Å². The molecule has 1 fully saturated rings. The predicted molar refractivity (Wildman–Crippen MR) is 126 cm³/mol. The quantitative estimate of drug-likeness (QED) is 0.252. The highest BCUT2D eigenvalue weighted by molar-refractivity contribution is 7.99. The molecule has 1 saturated carbocycles. The second-order valence-electron chi connectivity index (χ2n) is 8.24. The number of carbonyl (C=O) groups excluding carboxylic acids is 1. The highest BCUT2D eigenvalue weighted by Gasteiger charge is 2.24. The van der Waals surface area contributed by atoms with Crippen LogP contribution in [0.1, 0.15) is 65.6 Å². The Balaban J connectivity index is 1.52. The summed E-state index contributed by atoms with van der Waals surface area (Å²) in [5.74, 6) is 1.99. The fourth-order valence-corrected chi connectivity index (χ4v) is 5.44. The van der Waals surface area contributed by atoms with Crippen LogP contribution in [-0.4, -0.2) is 30.9 Å². The van der Waals surface area contributed by atoms with Gasteiger partial charge in [0.1, 0.15) is 5.82 Å². The average Bonchev–Trinajstić information content (AvgIpc) is 3.33. The van der Waals surface area contributed by atoms with Gasteiger partial charge in [0.25, 0.3) is 0 Å². The molecule has 2 aromatic heterocycles.